The van der Waals surface area contributed by atoms with Crippen LogP contribution in [0.25, 0.3) is 0 Å². The molecule has 1 aromatic carbocycles. The zero-order valence-electron chi connectivity index (χ0n) is 16.5. The SMILES string of the molecule is O=C1CCCC[C@]2(CN(C(=O)c3ccc(CCO)s3)C[C@H]2c2cc(F)cc(F)c2)N1. The third-order valence-corrected chi connectivity index (χ3v) is 7.15. The zero-order chi connectivity index (χ0) is 21.3. The van der Waals surface area contributed by atoms with E-state index in [0.29, 0.717) is 36.2 Å². The van der Waals surface area contributed by atoms with E-state index in [1.165, 1.54) is 23.5 Å². The number of halogens is 2. The second-order valence-electron chi connectivity index (χ2n) is 8.09. The standard InChI is InChI=1S/C22H24F2N2O3S/c23-15-9-14(10-16(24)11-15)18-12-26(13-22(18)7-2-1-3-20(28)25-22)21(29)19-5-4-17(30-19)6-8-27/h4-5,9-11,18,27H,1-3,6-8,12-13H2,(H,25,28)/t18-,22+/m0/s1. The number of carbonyl (C=O) groups excluding carboxylic acids is 2. The van der Waals surface area contributed by atoms with Crippen LogP contribution in [0, 0.1) is 11.6 Å². The van der Waals surface area contributed by atoms with Gasteiger partial charge in [0.2, 0.25) is 5.91 Å². The van der Waals surface area contributed by atoms with E-state index in [1.54, 1.807) is 11.0 Å². The number of hydrogen-bond donors (Lipinski definition) is 2. The van der Waals surface area contributed by atoms with Crippen molar-refractivity contribution in [3.63, 3.8) is 0 Å². The molecule has 4 rings (SSSR count). The predicted octanol–water partition coefficient (Wildman–Crippen LogP) is 3.23. The second kappa shape index (κ2) is 8.43. The van der Waals surface area contributed by atoms with Crippen LogP contribution in [0.3, 0.4) is 0 Å². The average molecular weight is 435 g/mol. The Kier molecular flexibility index (Phi) is 5.88. The summed E-state index contributed by atoms with van der Waals surface area (Å²) < 4.78 is 27.9. The van der Waals surface area contributed by atoms with Gasteiger partial charge in [-0.25, -0.2) is 8.78 Å². The van der Waals surface area contributed by atoms with Crippen molar-refractivity contribution in [3.8, 4) is 0 Å². The van der Waals surface area contributed by atoms with E-state index in [1.807, 2.05) is 6.07 Å². The Balaban J connectivity index is 1.68. The lowest BCUT2D eigenvalue weighted by atomic mass is 9.79. The lowest BCUT2D eigenvalue weighted by Crippen LogP contribution is -2.52. The number of rotatable bonds is 4. The molecule has 2 N–H and O–H groups in total. The molecule has 0 bridgehead atoms. The largest absolute Gasteiger partial charge is 0.396 e. The molecular formula is C22H24F2N2O3S. The molecule has 2 aromatic rings. The highest BCUT2D eigenvalue weighted by Gasteiger charge is 2.50. The summed E-state index contributed by atoms with van der Waals surface area (Å²) in [5, 5.41) is 12.2. The molecule has 1 aromatic heterocycles. The third kappa shape index (κ3) is 4.11. The molecule has 2 amide bonds. The lowest BCUT2D eigenvalue weighted by Gasteiger charge is -2.34. The summed E-state index contributed by atoms with van der Waals surface area (Å²) in [6, 6.07) is 6.99. The van der Waals surface area contributed by atoms with Gasteiger partial charge in [-0.3, -0.25) is 9.59 Å². The van der Waals surface area contributed by atoms with Crippen LogP contribution < -0.4 is 5.32 Å². The van der Waals surface area contributed by atoms with Gasteiger partial charge in [0.05, 0.1) is 10.4 Å². The topological polar surface area (TPSA) is 69.6 Å². The van der Waals surface area contributed by atoms with Crippen LogP contribution in [0.5, 0.6) is 0 Å². The fourth-order valence-electron chi connectivity index (χ4n) is 4.67. The number of nitrogens with zero attached hydrogens (tertiary/aromatic N) is 1. The number of hydrogen-bond acceptors (Lipinski definition) is 4. The maximum absolute atomic E-state index is 14.0. The molecular weight excluding hydrogens is 410 g/mol. The number of aliphatic hydroxyl groups is 1. The molecule has 2 atom stereocenters. The monoisotopic (exact) mass is 434 g/mol. The van der Waals surface area contributed by atoms with Gasteiger partial charge in [-0.15, -0.1) is 11.3 Å². The van der Waals surface area contributed by atoms with Crippen LogP contribution in [0.2, 0.25) is 0 Å². The van der Waals surface area contributed by atoms with Crippen molar-refractivity contribution in [1.82, 2.24) is 10.2 Å². The first-order valence-corrected chi connectivity index (χ1v) is 11.0. The van der Waals surface area contributed by atoms with Gasteiger partial charge >= 0.3 is 0 Å². The lowest BCUT2D eigenvalue weighted by molar-refractivity contribution is -0.122. The van der Waals surface area contributed by atoms with Gasteiger partial charge in [-0.1, -0.05) is 6.42 Å². The van der Waals surface area contributed by atoms with Crippen molar-refractivity contribution >= 4 is 23.2 Å². The van der Waals surface area contributed by atoms with Gasteiger partial charge in [0.25, 0.3) is 5.91 Å². The van der Waals surface area contributed by atoms with Crippen molar-refractivity contribution < 1.29 is 23.5 Å². The molecule has 0 aliphatic carbocycles. The molecule has 0 unspecified atom stereocenters. The summed E-state index contributed by atoms with van der Waals surface area (Å²) in [6.07, 6.45) is 3.10. The highest BCUT2D eigenvalue weighted by Crippen LogP contribution is 2.42. The molecule has 0 saturated carbocycles. The first-order chi connectivity index (χ1) is 14.4. The molecule has 3 heterocycles. The maximum Gasteiger partial charge on any atom is 0.264 e. The second-order valence-corrected chi connectivity index (χ2v) is 9.26. The van der Waals surface area contributed by atoms with Crippen LogP contribution >= 0.6 is 11.3 Å². The highest BCUT2D eigenvalue weighted by molar-refractivity contribution is 7.14. The number of amides is 2. The number of benzene rings is 1. The normalized spacial score (nSPS) is 24.2. The van der Waals surface area contributed by atoms with Crippen LogP contribution in [0.15, 0.2) is 30.3 Å². The van der Waals surface area contributed by atoms with Crippen molar-refractivity contribution in [1.29, 1.82) is 0 Å². The highest BCUT2D eigenvalue weighted by atomic mass is 32.1. The van der Waals surface area contributed by atoms with Gasteiger partial charge in [-0.2, -0.15) is 0 Å². The molecule has 2 aliphatic heterocycles. The predicted molar refractivity (Wildman–Crippen MR) is 109 cm³/mol. The summed E-state index contributed by atoms with van der Waals surface area (Å²) in [5.74, 6) is -1.99. The number of aliphatic hydroxyl groups excluding tert-OH is 1. The number of likely N-dealkylation sites (tertiary alicyclic amines) is 1. The number of carbonyl (C=O) groups is 2. The summed E-state index contributed by atoms with van der Waals surface area (Å²) in [7, 11) is 0. The Labute approximate surface area is 177 Å². The van der Waals surface area contributed by atoms with Crippen LogP contribution in [-0.2, 0) is 11.2 Å². The van der Waals surface area contributed by atoms with E-state index in [-0.39, 0.29) is 25.0 Å². The third-order valence-electron chi connectivity index (χ3n) is 6.01. The molecule has 30 heavy (non-hydrogen) atoms. The Bertz CT molecular complexity index is 943. The first kappa shape index (κ1) is 20.9. The molecule has 8 heteroatoms. The Morgan fingerprint density at radius 2 is 2.00 bits per heavy atom. The van der Waals surface area contributed by atoms with E-state index >= 15 is 0 Å². The van der Waals surface area contributed by atoms with Gasteiger partial charge in [0.15, 0.2) is 0 Å². The first-order valence-electron chi connectivity index (χ1n) is 10.2. The summed E-state index contributed by atoms with van der Waals surface area (Å²) in [6.45, 7) is 0.586. The summed E-state index contributed by atoms with van der Waals surface area (Å²) in [5.41, 5.74) is -0.286. The van der Waals surface area contributed by atoms with E-state index in [0.717, 1.165) is 23.8 Å². The average Bonchev–Trinajstić information content (AvgIpc) is 3.24. The Morgan fingerprint density at radius 1 is 1.23 bits per heavy atom. The number of nitrogens with one attached hydrogen (secondary N) is 1. The minimum atomic E-state index is -0.741. The molecule has 1 spiro atoms. The molecule has 5 nitrogen and oxygen atoms in total. The summed E-state index contributed by atoms with van der Waals surface area (Å²) in [4.78, 5) is 28.7. The van der Waals surface area contributed by atoms with E-state index in [4.69, 9.17) is 5.11 Å². The van der Waals surface area contributed by atoms with Crippen molar-refractivity contribution in [3.05, 3.63) is 57.3 Å². The van der Waals surface area contributed by atoms with Crippen LogP contribution in [0.1, 0.15) is 51.7 Å². The van der Waals surface area contributed by atoms with E-state index in [9.17, 15) is 18.4 Å². The minimum absolute atomic E-state index is 0.0141. The van der Waals surface area contributed by atoms with Crippen LogP contribution in [-0.4, -0.2) is 47.1 Å². The van der Waals surface area contributed by atoms with Crippen molar-refractivity contribution in [2.75, 3.05) is 19.7 Å². The van der Waals surface area contributed by atoms with Gasteiger partial charge in [0, 0.05) is 49.4 Å². The molecule has 2 saturated heterocycles. The summed E-state index contributed by atoms with van der Waals surface area (Å²) >= 11 is 1.34. The molecule has 2 aliphatic rings. The smallest absolute Gasteiger partial charge is 0.264 e. The molecule has 2 fully saturated rings. The molecule has 0 radical (unpaired) electrons. The Morgan fingerprint density at radius 3 is 2.73 bits per heavy atom. The van der Waals surface area contributed by atoms with Crippen molar-refractivity contribution in [2.45, 2.75) is 43.6 Å². The minimum Gasteiger partial charge on any atom is -0.396 e. The molecule has 160 valence electrons. The quantitative estimate of drug-likeness (QED) is 0.776. The van der Waals surface area contributed by atoms with Gasteiger partial charge < -0.3 is 15.3 Å². The zero-order valence-corrected chi connectivity index (χ0v) is 17.3. The van der Waals surface area contributed by atoms with Gasteiger partial charge in [0.1, 0.15) is 11.6 Å². The fraction of sp³-hybridized carbons (Fsp3) is 0.455. The maximum atomic E-state index is 14.0. The number of thiophene rings is 1. The van der Waals surface area contributed by atoms with Crippen LogP contribution in [0.4, 0.5) is 8.78 Å². The Hall–Kier alpha value is -2.32. The van der Waals surface area contributed by atoms with E-state index < -0.39 is 23.1 Å². The van der Waals surface area contributed by atoms with Gasteiger partial charge in [-0.05, 0) is 42.7 Å². The fourth-order valence-corrected chi connectivity index (χ4v) is 5.63. The van der Waals surface area contributed by atoms with Crippen molar-refractivity contribution in [2.24, 2.45) is 0 Å². The van der Waals surface area contributed by atoms with E-state index in [2.05, 4.69) is 5.32 Å².